The van der Waals surface area contributed by atoms with Gasteiger partial charge in [0.1, 0.15) is 5.92 Å². The van der Waals surface area contributed by atoms with Crippen LogP contribution < -0.4 is 5.32 Å². The third-order valence-electron chi connectivity index (χ3n) is 4.30. The molecule has 0 aromatic rings. The highest BCUT2D eigenvalue weighted by Crippen LogP contribution is 2.22. The number of urea groups is 1. The fraction of sp³-hybridized carbons (Fsp3) is 0.857. The molecular weight excluding hydrogens is 260 g/mol. The van der Waals surface area contributed by atoms with Gasteiger partial charge in [-0.05, 0) is 19.8 Å². The van der Waals surface area contributed by atoms with Gasteiger partial charge >= 0.3 is 12.0 Å². The Morgan fingerprint density at radius 1 is 1.25 bits per heavy atom. The number of nitrogens with zero attached hydrogens (tertiary/aromatic N) is 1. The lowest BCUT2D eigenvalue weighted by atomic mass is 9.95. The topological polar surface area (TPSA) is 78.9 Å². The number of hydrogen-bond acceptors (Lipinski definition) is 3. The number of rotatable bonds is 4. The summed E-state index contributed by atoms with van der Waals surface area (Å²) in [5.74, 6) is -1.51. The van der Waals surface area contributed by atoms with E-state index in [4.69, 9.17) is 4.74 Å². The van der Waals surface area contributed by atoms with Crippen molar-refractivity contribution in [3.05, 3.63) is 0 Å². The molecule has 1 saturated heterocycles. The molecular formula is C14H24N2O4. The lowest BCUT2D eigenvalue weighted by molar-refractivity contribution is -0.142. The van der Waals surface area contributed by atoms with E-state index in [2.05, 4.69) is 5.32 Å². The normalized spacial score (nSPS) is 27.2. The highest BCUT2D eigenvalue weighted by molar-refractivity contribution is 5.77. The molecule has 0 bridgehead atoms. The number of carbonyl (C=O) groups is 2. The van der Waals surface area contributed by atoms with Crippen LogP contribution in [0.1, 0.15) is 39.0 Å². The number of hydrogen-bond donors (Lipinski definition) is 2. The van der Waals surface area contributed by atoms with Gasteiger partial charge in [-0.15, -0.1) is 0 Å². The zero-order chi connectivity index (χ0) is 14.5. The van der Waals surface area contributed by atoms with Crippen molar-refractivity contribution in [3.63, 3.8) is 0 Å². The molecule has 114 valence electrons. The molecule has 2 unspecified atom stereocenters. The van der Waals surface area contributed by atoms with Crippen LogP contribution in [-0.4, -0.2) is 53.8 Å². The molecule has 1 aliphatic carbocycles. The van der Waals surface area contributed by atoms with Gasteiger partial charge in [0.05, 0.1) is 19.3 Å². The minimum absolute atomic E-state index is 0.152. The standard InChI is InChI=1S/C14H24N2O4/c1-2-16(12-9-20-8-11(12)13(17)18)14(19)15-10-6-4-3-5-7-10/h10-12H,2-9H2,1H3,(H,15,19)(H,17,18). The number of likely N-dealkylation sites (N-methyl/N-ethyl adjacent to an activating group) is 1. The number of nitrogens with one attached hydrogen (secondary N) is 1. The molecule has 0 aromatic heterocycles. The average molecular weight is 284 g/mol. The van der Waals surface area contributed by atoms with Gasteiger partial charge in [0, 0.05) is 12.6 Å². The number of carboxylic acids is 1. The van der Waals surface area contributed by atoms with E-state index < -0.39 is 11.9 Å². The summed E-state index contributed by atoms with van der Waals surface area (Å²) in [6.07, 6.45) is 5.59. The Bertz CT molecular complexity index is 355. The average Bonchev–Trinajstić information content (AvgIpc) is 2.90. The largest absolute Gasteiger partial charge is 0.481 e. The second-order valence-corrected chi connectivity index (χ2v) is 5.62. The molecule has 2 fully saturated rings. The number of amides is 2. The Balaban J connectivity index is 1.95. The van der Waals surface area contributed by atoms with Crippen molar-refractivity contribution in [2.45, 2.75) is 51.1 Å². The van der Waals surface area contributed by atoms with Crippen molar-refractivity contribution in [2.24, 2.45) is 5.92 Å². The molecule has 2 aliphatic rings. The van der Waals surface area contributed by atoms with Crippen molar-refractivity contribution < 1.29 is 19.4 Å². The molecule has 2 amide bonds. The van der Waals surface area contributed by atoms with Crippen LogP contribution in [0, 0.1) is 5.92 Å². The summed E-state index contributed by atoms with van der Waals surface area (Å²) in [5, 5.41) is 12.2. The van der Waals surface area contributed by atoms with Gasteiger partial charge in [-0.2, -0.15) is 0 Å². The SMILES string of the molecule is CCN(C(=O)NC1CCCCC1)C1COCC1C(=O)O. The number of aliphatic carboxylic acids is 1. The lowest BCUT2D eigenvalue weighted by Gasteiger charge is -2.32. The van der Waals surface area contributed by atoms with E-state index in [0.717, 1.165) is 25.7 Å². The smallest absolute Gasteiger partial charge is 0.317 e. The predicted octanol–water partition coefficient (Wildman–Crippen LogP) is 1.45. The minimum Gasteiger partial charge on any atom is -0.481 e. The van der Waals surface area contributed by atoms with Crippen LogP contribution in [0.5, 0.6) is 0 Å². The Morgan fingerprint density at radius 3 is 2.55 bits per heavy atom. The van der Waals surface area contributed by atoms with Crippen LogP contribution in [0.3, 0.4) is 0 Å². The molecule has 0 radical (unpaired) electrons. The molecule has 1 heterocycles. The van der Waals surface area contributed by atoms with Gasteiger partial charge in [-0.3, -0.25) is 4.79 Å². The highest BCUT2D eigenvalue weighted by atomic mass is 16.5. The number of carbonyl (C=O) groups excluding carboxylic acids is 1. The molecule has 0 spiro atoms. The van der Waals surface area contributed by atoms with E-state index in [9.17, 15) is 14.7 Å². The second-order valence-electron chi connectivity index (χ2n) is 5.62. The van der Waals surface area contributed by atoms with E-state index in [-0.39, 0.29) is 24.7 Å². The molecule has 1 saturated carbocycles. The fourth-order valence-corrected chi connectivity index (χ4v) is 3.12. The molecule has 2 N–H and O–H groups in total. The number of ether oxygens (including phenoxy) is 1. The molecule has 2 rings (SSSR count). The first kappa shape index (κ1) is 15.1. The van der Waals surface area contributed by atoms with Gasteiger partial charge < -0.3 is 20.1 Å². The second kappa shape index (κ2) is 6.92. The van der Waals surface area contributed by atoms with Crippen LogP contribution in [-0.2, 0) is 9.53 Å². The zero-order valence-electron chi connectivity index (χ0n) is 12.0. The quantitative estimate of drug-likeness (QED) is 0.819. The van der Waals surface area contributed by atoms with Crippen LogP contribution in [0.25, 0.3) is 0 Å². The van der Waals surface area contributed by atoms with Crippen LogP contribution in [0.15, 0.2) is 0 Å². The first-order chi connectivity index (χ1) is 9.63. The van der Waals surface area contributed by atoms with Crippen molar-refractivity contribution in [1.29, 1.82) is 0 Å². The van der Waals surface area contributed by atoms with Gasteiger partial charge in [-0.1, -0.05) is 19.3 Å². The van der Waals surface area contributed by atoms with Crippen molar-refractivity contribution in [1.82, 2.24) is 10.2 Å². The maximum Gasteiger partial charge on any atom is 0.317 e. The van der Waals surface area contributed by atoms with Crippen molar-refractivity contribution in [2.75, 3.05) is 19.8 Å². The van der Waals surface area contributed by atoms with Gasteiger partial charge in [0.2, 0.25) is 0 Å². The summed E-state index contributed by atoms with van der Waals surface area (Å²) >= 11 is 0. The first-order valence-corrected chi connectivity index (χ1v) is 7.51. The zero-order valence-corrected chi connectivity index (χ0v) is 12.0. The Morgan fingerprint density at radius 2 is 1.95 bits per heavy atom. The summed E-state index contributed by atoms with van der Waals surface area (Å²) in [6.45, 7) is 2.87. The molecule has 2 atom stereocenters. The minimum atomic E-state index is -0.892. The monoisotopic (exact) mass is 284 g/mol. The van der Waals surface area contributed by atoms with E-state index in [1.807, 2.05) is 6.92 Å². The summed E-state index contributed by atoms with van der Waals surface area (Å²) < 4.78 is 5.25. The highest BCUT2D eigenvalue weighted by Gasteiger charge is 2.39. The van der Waals surface area contributed by atoms with Crippen LogP contribution >= 0.6 is 0 Å². The Labute approximate surface area is 119 Å². The predicted molar refractivity (Wildman–Crippen MR) is 73.5 cm³/mol. The van der Waals surface area contributed by atoms with Gasteiger partial charge in [-0.25, -0.2) is 4.79 Å². The Kier molecular flexibility index (Phi) is 5.23. The molecule has 1 aliphatic heterocycles. The van der Waals surface area contributed by atoms with Crippen LogP contribution in [0.2, 0.25) is 0 Å². The first-order valence-electron chi connectivity index (χ1n) is 7.51. The third-order valence-corrected chi connectivity index (χ3v) is 4.30. The Hall–Kier alpha value is -1.30. The van der Waals surface area contributed by atoms with E-state index in [1.165, 1.54) is 6.42 Å². The van der Waals surface area contributed by atoms with Gasteiger partial charge in [0.15, 0.2) is 0 Å². The molecule has 0 aromatic carbocycles. The van der Waals surface area contributed by atoms with E-state index >= 15 is 0 Å². The van der Waals surface area contributed by atoms with E-state index in [1.54, 1.807) is 4.90 Å². The molecule has 6 nitrogen and oxygen atoms in total. The summed E-state index contributed by atoms with van der Waals surface area (Å²) in [7, 11) is 0. The maximum absolute atomic E-state index is 12.4. The summed E-state index contributed by atoms with van der Waals surface area (Å²) in [6, 6.07) is -0.279. The van der Waals surface area contributed by atoms with Crippen molar-refractivity contribution in [3.8, 4) is 0 Å². The summed E-state index contributed by atoms with van der Waals surface area (Å²) in [5.41, 5.74) is 0. The molecule has 20 heavy (non-hydrogen) atoms. The van der Waals surface area contributed by atoms with Gasteiger partial charge in [0.25, 0.3) is 0 Å². The van der Waals surface area contributed by atoms with E-state index in [0.29, 0.717) is 13.2 Å². The maximum atomic E-state index is 12.4. The summed E-state index contributed by atoms with van der Waals surface area (Å²) in [4.78, 5) is 25.2. The number of carboxylic acid groups (broad SMARTS) is 1. The van der Waals surface area contributed by atoms with Crippen LogP contribution in [0.4, 0.5) is 4.79 Å². The van der Waals surface area contributed by atoms with Crippen molar-refractivity contribution >= 4 is 12.0 Å². The third kappa shape index (κ3) is 3.42. The lowest BCUT2D eigenvalue weighted by Crippen LogP contribution is -2.52. The fourth-order valence-electron chi connectivity index (χ4n) is 3.12. The molecule has 6 heteroatoms.